The zero-order chi connectivity index (χ0) is 10.1. The summed E-state index contributed by atoms with van der Waals surface area (Å²) >= 11 is 0. The van der Waals surface area contributed by atoms with E-state index >= 15 is 0 Å². The van der Waals surface area contributed by atoms with Crippen LogP contribution in [0.5, 0.6) is 0 Å². The molecule has 0 fully saturated rings. The highest BCUT2D eigenvalue weighted by molar-refractivity contribution is 4.97. The maximum Gasteiger partial charge on any atom is 0.0891 e. The van der Waals surface area contributed by atoms with Gasteiger partial charge in [0.1, 0.15) is 0 Å². The van der Waals surface area contributed by atoms with Crippen LogP contribution < -0.4 is 0 Å². The summed E-state index contributed by atoms with van der Waals surface area (Å²) in [7, 11) is 0. The predicted octanol–water partition coefficient (Wildman–Crippen LogP) is 1.58. The first kappa shape index (κ1) is 12.2. The lowest BCUT2D eigenvalue weighted by Crippen LogP contribution is -1.86. The maximum atomic E-state index is 8.58. The minimum Gasteiger partial charge on any atom is -0.473 e. The number of aliphatic hydroxyl groups excluding tert-OH is 2. The molecular formula is C10H18O3. The highest BCUT2D eigenvalue weighted by Gasteiger charge is 1.89. The molecule has 0 aliphatic heterocycles. The van der Waals surface area contributed by atoms with Gasteiger partial charge in [0, 0.05) is 13.2 Å². The van der Waals surface area contributed by atoms with Gasteiger partial charge in [-0.05, 0) is 37.8 Å². The summed E-state index contributed by atoms with van der Waals surface area (Å²) < 4.78 is 5.12. The van der Waals surface area contributed by atoms with E-state index in [0.717, 1.165) is 11.1 Å². The summed E-state index contributed by atoms with van der Waals surface area (Å²) in [6.45, 7) is 4.08. The average molecular weight is 186 g/mol. The lowest BCUT2D eigenvalue weighted by molar-refractivity contribution is 0.293. The van der Waals surface area contributed by atoms with Crippen molar-refractivity contribution in [1.29, 1.82) is 0 Å². The average Bonchev–Trinajstić information content (AvgIpc) is 2.05. The Morgan fingerprint density at radius 1 is 1.00 bits per heavy atom. The smallest absolute Gasteiger partial charge is 0.0891 e. The van der Waals surface area contributed by atoms with Crippen molar-refractivity contribution >= 4 is 0 Å². The van der Waals surface area contributed by atoms with Gasteiger partial charge in [0.15, 0.2) is 0 Å². The molecule has 0 atom stereocenters. The van der Waals surface area contributed by atoms with E-state index in [2.05, 4.69) is 0 Å². The Hall–Kier alpha value is -0.800. The molecule has 76 valence electrons. The Labute approximate surface area is 79.3 Å². The number of rotatable bonds is 6. The molecule has 13 heavy (non-hydrogen) atoms. The normalized spacial score (nSPS) is 13.2. The van der Waals surface area contributed by atoms with E-state index in [0.29, 0.717) is 12.8 Å². The Kier molecular flexibility index (Phi) is 7.35. The van der Waals surface area contributed by atoms with E-state index in [4.69, 9.17) is 14.9 Å². The Morgan fingerprint density at radius 2 is 1.38 bits per heavy atom. The van der Waals surface area contributed by atoms with Crippen molar-refractivity contribution in [2.75, 3.05) is 13.2 Å². The summed E-state index contributed by atoms with van der Waals surface area (Å²) in [6.07, 6.45) is 4.48. The van der Waals surface area contributed by atoms with E-state index in [1.807, 2.05) is 13.8 Å². The fraction of sp³-hybridized carbons (Fsp3) is 0.600. The molecule has 0 rings (SSSR count). The number of hydrogen-bond donors (Lipinski definition) is 2. The largest absolute Gasteiger partial charge is 0.473 e. The molecule has 0 aromatic carbocycles. The molecule has 0 heterocycles. The second-order valence-electron chi connectivity index (χ2n) is 3.01. The summed E-state index contributed by atoms with van der Waals surface area (Å²) in [4.78, 5) is 0. The van der Waals surface area contributed by atoms with E-state index in [1.54, 1.807) is 12.5 Å². The zero-order valence-corrected chi connectivity index (χ0v) is 8.29. The van der Waals surface area contributed by atoms with Gasteiger partial charge in [-0.3, -0.25) is 0 Å². The van der Waals surface area contributed by atoms with E-state index in [1.165, 1.54) is 0 Å². The van der Waals surface area contributed by atoms with Crippen LogP contribution in [0, 0.1) is 0 Å². The monoisotopic (exact) mass is 186 g/mol. The third-order valence-corrected chi connectivity index (χ3v) is 1.55. The molecule has 0 amide bonds. The van der Waals surface area contributed by atoms with E-state index < -0.39 is 0 Å². The van der Waals surface area contributed by atoms with Gasteiger partial charge in [0.05, 0.1) is 12.5 Å². The van der Waals surface area contributed by atoms with Crippen LogP contribution in [-0.4, -0.2) is 23.4 Å². The first-order valence-electron chi connectivity index (χ1n) is 4.39. The quantitative estimate of drug-likeness (QED) is 0.619. The fourth-order valence-electron chi connectivity index (χ4n) is 0.737. The van der Waals surface area contributed by atoms with Crippen molar-refractivity contribution in [2.45, 2.75) is 26.7 Å². The van der Waals surface area contributed by atoms with Crippen LogP contribution in [0.15, 0.2) is 23.7 Å². The second-order valence-corrected chi connectivity index (χ2v) is 3.01. The molecule has 0 unspecified atom stereocenters. The van der Waals surface area contributed by atoms with Crippen LogP contribution in [0.4, 0.5) is 0 Å². The topological polar surface area (TPSA) is 49.7 Å². The number of hydrogen-bond acceptors (Lipinski definition) is 3. The third-order valence-electron chi connectivity index (χ3n) is 1.55. The van der Waals surface area contributed by atoms with Crippen LogP contribution in [0.1, 0.15) is 26.7 Å². The lowest BCUT2D eigenvalue weighted by atomic mass is 10.2. The molecule has 0 spiro atoms. The molecule has 0 saturated heterocycles. The van der Waals surface area contributed by atoms with Gasteiger partial charge >= 0.3 is 0 Å². The predicted molar refractivity (Wildman–Crippen MR) is 52.0 cm³/mol. The van der Waals surface area contributed by atoms with Gasteiger partial charge in [0.25, 0.3) is 0 Å². The highest BCUT2D eigenvalue weighted by Crippen LogP contribution is 2.02. The maximum absolute atomic E-state index is 8.58. The first-order chi connectivity index (χ1) is 6.20. The fourth-order valence-corrected chi connectivity index (χ4v) is 0.737. The van der Waals surface area contributed by atoms with Gasteiger partial charge in [-0.15, -0.1) is 0 Å². The molecule has 3 nitrogen and oxygen atoms in total. The number of ether oxygens (including phenoxy) is 1. The summed E-state index contributed by atoms with van der Waals surface area (Å²) in [6, 6.07) is 0. The molecule has 0 radical (unpaired) electrons. The van der Waals surface area contributed by atoms with Gasteiger partial charge in [-0.1, -0.05) is 0 Å². The molecule has 0 bridgehead atoms. The van der Waals surface area contributed by atoms with Gasteiger partial charge in [-0.25, -0.2) is 0 Å². The number of aliphatic hydroxyl groups is 2. The van der Waals surface area contributed by atoms with Crippen molar-refractivity contribution in [2.24, 2.45) is 0 Å². The summed E-state index contributed by atoms with van der Waals surface area (Å²) in [5, 5.41) is 17.2. The molecule has 0 aliphatic rings. The van der Waals surface area contributed by atoms with Crippen LogP contribution in [0.3, 0.4) is 0 Å². The third kappa shape index (κ3) is 7.56. The SMILES string of the molecule is CC(=COC=C(C)CCO)CCO. The molecule has 2 N–H and O–H groups in total. The first-order valence-corrected chi connectivity index (χ1v) is 4.39. The van der Waals surface area contributed by atoms with Crippen LogP contribution >= 0.6 is 0 Å². The minimum absolute atomic E-state index is 0.144. The van der Waals surface area contributed by atoms with Crippen molar-refractivity contribution in [1.82, 2.24) is 0 Å². The summed E-state index contributed by atoms with van der Waals surface area (Å²) in [5.41, 5.74) is 1.99. The van der Waals surface area contributed by atoms with Crippen LogP contribution in [-0.2, 0) is 4.74 Å². The summed E-state index contributed by atoms with van der Waals surface area (Å²) in [5.74, 6) is 0. The molecule has 3 heteroatoms. The van der Waals surface area contributed by atoms with Crippen molar-refractivity contribution in [3.63, 3.8) is 0 Å². The van der Waals surface area contributed by atoms with Crippen LogP contribution in [0.25, 0.3) is 0 Å². The highest BCUT2D eigenvalue weighted by atomic mass is 16.5. The van der Waals surface area contributed by atoms with Crippen molar-refractivity contribution < 1.29 is 14.9 Å². The van der Waals surface area contributed by atoms with Gasteiger partial charge < -0.3 is 14.9 Å². The molecular weight excluding hydrogens is 168 g/mol. The Morgan fingerprint density at radius 3 is 1.69 bits per heavy atom. The van der Waals surface area contributed by atoms with E-state index in [9.17, 15) is 0 Å². The standard InChI is InChI=1S/C10H18O3/c1-9(3-5-11)7-13-8-10(2)4-6-12/h7-8,11-12H,3-6H2,1-2H3. The lowest BCUT2D eigenvalue weighted by Gasteiger charge is -1.99. The Bertz CT molecular complexity index is 163. The van der Waals surface area contributed by atoms with Gasteiger partial charge in [-0.2, -0.15) is 0 Å². The zero-order valence-electron chi connectivity index (χ0n) is 8.29. The van der Waals surface area contributed by atoms with Crippen molar-refractivity contribution in [3.8, 4) is 0 Å². The second kappa shape index (κ2) is 7.83. The molecule has 0 aromatic heterocycles. The molecule has 0 aliphatic carbocycles. The van der Waals surface area contributed by atoms with Crippen LogP contribution in [0.2, 0.25) is 0 Å². The van der Waals surface area contributed by atoms with Crippen molar-refractivity contribution in [3.05, 3.63) is 23.7 Å². The minimum atomic E-state index is 0.144. The van der Waals surface area contributed by atoms with Gasteiger partial charge in [0.2, 0.25) is 0 Å². The Balaban J connectivity index is 3.74. The molecule has 0 saturated carbocycles. The molecule has 0 aromatic rings. The van der Waals surface area contributed by atoms with E-state index in [-0.39, 0.29) is 13.2 Å².